The van der Waals surface area contributed by atoms with E-state index in [-0.39, 0.29) is 5.75 Å². The highest BCUT2D eigenvalue weighted by Gasteiger charge is 2.34. The van der Waals surface area contributed by atoms with Gasteiger partial charge in [-0.1, -0.05) is 49.6 Å². The van der Waals surface area contributed by atoms with Crippen molar-refractivity contribution in [3.05, 3.63) is 35.9 Å². The molecule has 1 saturated carbocycles. The fraction of sp³-hybridized carbons (Fsp3) is 0.600. The van der Waals surface area contributed by atoms with Gasteiger partial charge in [0.25, 0.3) is 0 Å². The van der Waals surface area contributed by atoms with E-state index < -0.39 is 15.6 Å². The first kappa shape index (κ1) is 15.5. The Bertz CT molecular complexity index is 508. The third-order valence-electron chi connectivity index (χ3n) is 4.08. The molecule has 0 bridgehead atoms. The second-order valence-electron chi connectivity index (χ2n) is 5.70. The standard InChI is InChI=1S/C15H24N2O2S/c16-13-15(10-5-2-6-11-15)17-20(18,19)12-9-14-7-3-1-4-8-14/h1,3-4,7-8,17H,2,5-6,9-13,16H2. The van der Waals surface area contributed by atoms with Crippen LogP contribution in [-0.4, -0.2) is 26.3 Å². The maximum atomic E-state index is 12.3. The van der Waals surface area contributed by atoms with Gasteiger partial charge in [-0.05, 0) is 24.8 Å². The van der Waals surface area contributed by atoms with Crippen LogP contribution in [0.15, 0.2) is 30.3 Å². The summed E-state index contributed by atoms with van der Waals surface area (Å²) in [6.45, 7) is 0.386. The van der Waals surface area contributed by atoms with Crippen molar-refractivity contribution in [2.45, 2.75) is 44.1 Å². The van der Waals surface area contributed by atoms with Crippen LogP contribution in [0.4, 0.5) is 0 Å². The Hall–Kier alpha value is -0.910. The molecule has 0 saturated heterocycles. The van der Waals surface area contributed by atoms with E-state index in [9.17, 15) is 8.42 Å². The average molecular weight is 296 g/mol. The Kier molecular flexibility index (Phi) is 5.18. The molecule has 112 valence electrons. The number of nitrogens with two attached hydrogens (primary N) is 1. The quantitative estimate of drug-likeness (QED) is 0.841. The summed E-state index contributed by atoms with van der Waals surface area (Å²) in [6.07, 6.45) is 5.53. The topological polar surface area (TPSA) is 72.2 Å². The Morgan fingerprint density at radius 3 is 2.35 bits per heavy atom. The molecular weight excluding hydrogens is 272 g/mol. The Balaban J connectivity index is 1.96. The van der Waals surface area contributed by atoms with Crippen LogP contribution in [0.5, 0.6) is 0 Å². The number of hydrogen-bond acceptors (Lipinski definition) is 3. The predicted molar refractivity (Wildman–Crippen MR) is 81.9 cm³/mol. The van der Waals surface area contributed by atoms with Gasteiger partial charge in [0, 0.05) is 12.1 Å². The van der Waals surface area contributed by atoms with Crippen molar-refractivity contribution < 1.29 is 8.42 Å². The highest BCUT2D eigenvalue weighted by molar-refractivity contribution is 7.89. The second-order valence-corrected chi connectivity index (χ2v) is 7.54. The van der Waals surface area contributed by atoms with E-state index >= 15 is 0 Å². The van der Waals surface area contributed by atoms with Crippen molar-refractivity contribution in [3.63, 3.8) is 0 Å². The Morgan fingerprint density at radius 2 is 1.75 bits per heavy atom. The van der Waals surface area contributed by atoms with E-state index in [1.165, 1.54) is 6.42 Å². The SMILES string of the molecule is NCC1(NS(=O)(=O)CCc2ccccc2)CCCCC1. The van der Waals surface area contributed by atoms with Crippen molar-refractivity contribution in [2.75, 3.05) is 12.3 Å². The Morgan fingerprint density at radius 1 is 1.10 bits per heavy atom. The molecule has 0 heterocycles. The van der Waals surface area contributed by atoms with Gasteiger partial charge in [-0.2, -0.15) is 0 Å². The molecule has 0 amide bonds. The molecule has 1 fully saturated rings. The molecule has 1 aromatic rings. The minimum absolute atomic E-state index is 0.124. The van der Waals surface area contributed by atoms with Gasteiger partial charge in [-0.3, -0.25) is 0 Å². The molecule has 2 rings (SSSR count). The summed E-state index contributed by atoms with van der Waals surface area (Å²) in [5.74, 6) is 0.124. The number of sulfonamides is 1. The van der Waals surface area contributed by atoms with Gasteiger partial charge in [-0.25, -0.2) is 13.1 Å². The average Bonchev–Trinajstić information content (AvgIpc) is 2.47. The van der Waals surface area contributed by atoms with E-state index in [2.05, 4.69) is 4.72 Å². The normalized spacial score (nSPS) is 18.9. The second kappa shape index (κ2) is 6.70. The smallest absolute Gasteiger partial charge is 0.212 e. The molecule has 1 aromatic carbocycles. The molecule has 1 aliphatic rings. The molecule has 0 aromatic heterocycles. The largest absolute Gasteiger partial charge is 0.329 e. The first-order valence-corrected chi connectivity index (χ1v) is 8.96. The van der Waals surface area contributed by atoms with Crippen LogP contribution < -0.4 is 10.5 Å². The lowest BCUT2D eigenvalue weighted by molar-refractivity contribution is 0.276. The van der Waals surface area contributed by atoms with Gasteiger partial charge < -0.3 is 5.73 Å². The third-order valence-corrected chi connectivity index (χ3v) is 5.56. The molecule has 0 atom stereocenters. The predicted octanol–water partition coefficient (Wildman–Crippen LogP) is 1.81. The lowest BCUT2D eigenvalue weighted by Crippen LogP contribution is -2.55. The Labute approximate surface area is 121 Å². The molecule has 0 spiro atoms. The van der Waals surface area contributed by atoms with Crippen molar-refractivity contribution in [2.24, 2.45) is 5.73 Å². The maximum Gasteiger partial charge on any atom is 0.212 e. The van der Waals surface area contributed by atoms with Crippen LogP contribution in [-0.2, 0) is 16.4 Å². The summed E-state index contributed by atoms with van der Waals surface area (Å²) in [5, 5.41) is 0. The van der Waals surface area contributed by atoms with E-state index in [0.29, 0.717) is 13.0 Å². The van der Waals surface area contributed by atoms with Gasteiger partial charge >= 0.3 is 0 Å². The summed E-state index contributed by atoms with van der Waals surface area (Å²) < 4.78 is 27.4. The lowest BCUT2D eigenvalue weighted by atomic mass is 9.83. The molecule has 0 aliphatic heterocycles. The maximum absolute atomic E-state index is 12.3. The highest BCUT2D eigenvalue weighted by atomic mass is 32.2. The first-order chi connectivity index (χ1) is 9.55. The van der Waals surface area contributed by atoms with Crippen molar-refractivity contribution in [1.29, 1.82) is 0 Å². The molecule has 1 aliphatic carbocycles. The lowest BCUT2D eigenvalue weighted by Gasteiger charge is -2.36. The zero-order valence-electron chi connectivity index (χ0n) is 11.8. The van der Waals surface area contributed by atoms with E-state index in [1.807, 2.05) is 30.3 Å². The van der Waals surface area contributed by atoms with Gasteiger partial charge in [0.15, 0.2) is 0 Å². The minimum Gasteiger partial charge on any atom is -0.329 e. The number of nitrogens with one attached hydrogen (secondary N) is 1. The molecule has 4 nitrogen and oxygen atoms in total. The zero-order chi connectivity index (χ0) is 14.5. The first-order valence-electron chi connectivity index (χ1n) is 7.31. The van der Waals surface area contributed by atoms with Crippen LogP contribution in [0.3, 0.4) is 0 Å². The van der Waals surface area contributed by atoms with Crippen LogP contribution >= 0.6 is 0 Å². The molecule has 3 N–H and O–H groups in total. The number of aryl methyl sites for hydroxylation is 1. The van der Waals surface area contributed by atoms with Crippen molar-refractivity contribution in [3.8, 4) is 0 Å². The third kappa shape index (κ3) is 4.30. The van der Waals surface area contributed by atoms with Crippen molar-refractivity contribution >= 4 is 10.0 Å². The fourth-order valence-corrected chi connectivity index (χ4v) is 4.41. The van der Waals surface area contributed by atoms with Crippen molar-refractivity contribution in [1.82, 2.24) is 4.72 Å². The zero-order valence-corrected chi connectivity index (χ0v) is 12.7. The summed E-state index contributed by atoms with van der Waals surface area (Å²) >= 11 is 0. The van der Waals surface area contributed by atoms with Crippen LogP contribution in [0.2, 0.25) is 0 Å². The number of rotatable bonds is 6. The van der Waals surface area contributed by atoms with Crippen LogP contribution in [0.25, 0.3) is 0 Å². The van der Waals surface area contributed by atoms with Gasteiger partial charge in [0.2, 0.25) is 10.0 Å². The minimum atomic E-state index is -3.28. The van der Waals surface area contributed by atoms with Gasteiger partial charge in [0.1, 0.15) is 0 Å². The molecule has 20 heavy (non-hydrogen) atoms. The van der Waals surface area contributed by atoms with E-state index in [1.54, 1.807) is 0 Å². The summed E-state index contributed by atoms with van der Waals surface area (Å²) in [4.78, 5) is 0. The van der Waals surface area contributed by atoms with Gasteiger partial charge in [-0.15, -0.1) is 0 Å². The molecular formula is C15H24N2O2S. The summed E-state index contributed by atoms with van der Waals surface area (Å²) in [6, 6.07) is 9.70. The van der Waals surface area contributed by atoms with Crippen LogP contribution in [0.1, 0.15) is 37.7 Å². The summed E-state index contributed by atoms with van der Waals surface area (Å²) in [5.41, 5.74) is 6.46. The fourth-order valence-electron chi connectivity index (χ4n) is 2.85. The monoisotopic (exact) mass is 296 g/mol. The van der Waals surface area contributed by atoms with Crippen LogP contribution in [0, 0.1) is 0 Å². The van der Waals surface area contributed by atoms with Gasteiger partial charge in [0.05, 0.1) is 5.75 Å². The number of hydrogen-bond donors (Lipinski definition) is 2. The van der Waals surface area contributed by atoms with E-state index in [0.717, 1.165) is 31.2 Å². The molecule has 5 heteroatoms. The number of benzene rings is 1. The summed E-state index contributed by atoms with van der Waals surface area (Å²) in [7, 11) is -3.28. The molecule has 0 unspecified atom stereocenters. The highest BCUT2D eigenvalue weighted by Crippen LogP contribution is 2.28. The molecule has 0 radical (unpaired) electrons. The van der Waals surface area contributed by atoms with E-state index in [4.69, 9.17) is 5.73 Å².